The maximum absolute atomic E-state index is 12.4. The third-order valence-electron chi connectivity index (χ3n) is 2.12. The lowest BCUT2D eigenvalue weighted by Gasteiger charge is -2.14. The minimum atomic E-state index is -4.43. The van der Waals surface area contributed by atoms with Crippen LogP contribution in [0.2, 0.25) is 0 Å². The molecule has 0 radical (unpaired) electrons. The molecule has 0 spiro atoms. The molecule has 0 fully saturated rings. The SMILES string of the molecule is NC(CNC(=O)O)c1cccc(C(F)(F)F)c1. The summed E-state index contributed by atoms with van der Waals surface area (Å²) in [5.41, 5.74) is 4.99. The smallest absolute Gasteiger partial charge is 0.416 e. The second kappa shape index (κ2) is 5.05. The Morgan fingerprint density at radius 2 is 2.12 bits per heavy atom. The number of nitrogens with one attached hydrogen (secondary N) is 1. The number of halogens is 3. The first-order chi connectivity index (χ1) is 7.80. The van der Waals surface area contributed by atoms with Gasteiger partial charge in [0.2, 0.25) is 0 Å². The fourth-order valence-corrected chi connectivity index (χ4v) is 1.26. The Labute approximate surface area is 95.2 Å². The van der Waals surface area contributed by atoms with E-state index < -0.39 is 23.9 Å². The van der Waals surface area contributed by atoms with Gasteiger partial charge in [-0.3, -0.25) is 0 Å². The number of hydrogen-bond donors (Lipinski definition) is 3. The Balaban J connectivity index is 2.81. The number of amides is 1. The van der Waals surface area contributed by atoms with Crippen LogP contribution in [0.1, 0.15) is 17.2 Å². The lowest BCUT2D eigenvalue weighted by atomic mass is 10.0. The van der Waals surface area contributed by atoms with E-state index in [1.54, 1.807) is 0 Å². The van der Waals surface area contributed by atoms with E-state index in [0.29, 0.717) is 0 Å². The van der Waals surface area contributed by atoms with Gasteiger partial charge in [-0.2, -0.15) is 13.2 Å². The van der Waals surface area contributed by atoms with Crippen LogP contribution in [0.15, 0.2) is 24.3 Å². The largest absolute Gasteiger partial charge is 0.465 e. The third kappa shape index (κ3) is 3.95. The number of carbonyl (C=O) groups is 1. The summed E-state index contributed by atoms with van der Waals surface area (Å²) in [4.78, 5) is 10.2. The van der Waals surface area contributed by atoms with Gasteiger partial charge in [-0.1, -0.05) is 12.1 Å². The summed E-state index contributed by atoms with van der Waals surface area (Å²) in [5, 5.41) is 10.4. The average molecular weight is 248 g/mol. The Morgan fingerprint density at radius 1 is 1.47 bits per heavy atom. The van der Waals surface area contributed by atoms with Crippen LogP contribution in [0, 0.1) is 0 Å². The number of benzene rings is 1. The molecule has 0 aliphatic heterocycles. The molecule has 0 saturated heterocycles. The summed E-state index contributed by atoms with van der Waals surface area (Å²) < 4.78 is 37.2. The lowest BCUT2D eigenvalue weighted by molar-refractivity contribution is -0.137. The van der Waals surface area contributed by atoms with Gasteiger partial charge >= 0.3 is 12.3 Å². The van der Waals surface area contributed by atoms with E-state index in [-0.39, 0.29) is 12.1 Å². The number of alkyl halides is 3. The van der Waals surface area contributed by atoms with Crippen LogP contribution in [-0.2, 0) is 6.18 Å². The summed E-state index contributed by atoms with van der Waals surface area (Å²) in [5.74, 6) is 0. The Bertz CT molecular complexity index is 407. The summed E-state index contributed by atoms with van der Waals surface area (Å²) in [6, 6.07) is 3.69. The van der Waals surface area contributed by atoms with Gasteiger partial charge in [0.1, 0.15) is 0 Å². The molecule has 0 heterocycles. The maximum Gasteiger partial charge on any atom is 0.416 e. The molecule has 0 saturated carbocycles. The predicted octanol–water partition coefficient (Wildman–Crippen LogP) is 1.97. The molecule has 0 bridgehead atoms. The zero-order valence-electron chi connectivity index (χ0n) is 8.66. The maximum atomic E-state index is 12.4. The Kier molecular flexibility index (Phi) is 3.95. The highest BCUT2D eigenvalue weighted by atomic mass is 19.4. The van der Waals surface area contributed by atoms with Crippen molar-refractivity contribution in [1.82, 2.24) is 5.32 Å². The second-order valence-electron chi connectivity index (χ2n) is 3.42. The van der Waals surface area contributed by atoms with E-state index in [1.165, 1.54) is 12.1 Å². The number of rotatable bonds is 3. The zero-order chi connectivity index (χ0) is 13.1. The number of nitrogens with two attached hydrogens (primary N) is 1. The molecule has 0 aliphatic carbocycles. The molecular weight excluding hydrogens is 237 g/mol. The first-order valence-corrected chi connectivity index (χ1v) is 4.70. The van der Waals surface area contributed by atoms with E-state index >= 15 is 0 Å². The molecular formula is C10H11F3N2O2. The van der Waals surface area contributed by atoms with Crippen LogP contribution in [0.25, 0.3) is 0 Å². The summed E-state index contributed by atoms with van der Waals surface area (Å²) in [7, 11) is 0. The van der Waals surface area contributed by atoms with Gasteiger partial charge in [0, 0.05) is 12.6 Å². The van der Waals surface area contributed by atoms with Crippen molar-refractivity contribution < 1.29 is 23.1 Å². The third-order valence-corrected chi connectivity index (χ3v) is 2.12. The molecule has 1 aromatic rings. The van der Waals surface area contributed by atoms with E-state index in [2.05, 4.69) is 0 Å². The van der Waals surface area contributed by atoms with E-state index in [1.807, 2.05) is 5.32 Å². The quantitative estimate of drug-likeness (QED) is 0.765. The van der Waals surface area contributed by atoms with Crippen molar-refractivity contribution in [3.8, 4) is 0 Å². The van der Waals surface area contributed by atoms with Gasteiger partial charge in [0.15, 0.2) is 0 Å². The molecule has 4 nitrogen and oxygen atoms in total. The molecule has 17 heavy (non-hydrogen) atoms. The van der Waals surface area contributed by atoms with Crippen molar-refractivity contribution in [3.63, 3.8) is 0 Å². The molecule has 1 unspecified atom stereocenters. The molecule has 0 aromatic heterocycles. The minimum absolute atomic E-state index is 0.142. The highest BCUT2D eigenvalue weighted by Gasteiger charge is 2.30. The molecule has 0 aliphatic rings. The van der Waals surface area contributed by atoms with Gasteiger partial charge in [-0.25, -0.2) is 4.79 Å². The zero-order valence-corrected chi connectivity index (χ0v) is 8.66. The van der Waals surface area contributed by atoms with Crippen LogP contribution >= 0.6 is 0 Å². The predicted molar refractivity (Wildman–Crippen MR) is 54.4 cm³/mol. The standard InChI is InChI=1S/C10H11F3N2O2/c11-10(12,13)7-3-1-2-6(4-7)8(14)5-15-9(16)17/h1-4,8,15H,5,14H2,(H,16,17). The van der Waals surface area contributed by atoms with Crippen LogP contribution in [-0.4, -0.2) is 17.7 Å². The van der Waals surface area contributed by atoms with Crippen molar-refractivity contribution in [1.29, 1.82) is 0 Å². The fourth-order valence-electron chi connectivity index (χ4n) is 1.26. The molecule has 1 aromatic carbocycles. The van der Waals surface area contributed by atoms with Gasteiger partial charge in [0.05, 0.1) is 5.56 Å². The van der Waals surface area contributed by atoms with E-state index in [0.717, 1.165) is 12.1 Å². The van der Waals surface area contributed by atoms with Gasteiger partial charge in [0.25, 0.3) is 0 Å². The first kappa shape index (κ1) is 13.3. The number of carboxylic acid groups (broad SMARTS) is 1. The summed E-state index contributed by atoms with van der Waals surface area (Å²) in [6.45, 7) is -0.142. The van der Waals surface area contributed by atoms with Crippen molar-refractivity contribution in [2.45, 2.75) is 12.2 Å². The van der Waals surface area contributed by atoms with E-state index in [4.69, 9.17) is 10.8 Å². The molecule has 4 N–H and O–H groups in total. The molecule has 1 rings (SSSR count). The minimum Gasteiger partial charge on any atom is -0.465 e. The van der Waals surface area contributed by atoms with Crippen LogP contribution in [0.4, 0.5) is 18.0 Å². The van der Waals surface area contributed by atoms with Crippen LogP contribution in [0.5, 0.6) is 0 Å². The number of hydrogen-bond acceptors (Lipinski definition) is 2. The summed E-state index contributed by atoms with van der Waals surface area (Å²) >= 11 is 0. The van der Waals surface area contributed by atoms with Crippen LogP contribution < -0.4 is 11.1 Å². The van der Waals surface area contributed by atoms with Crippen molar-refractivity contribution in [2.75, 3.05) is 6.54 Å². The second-order valence-corrected chi connectivity index (χ2v) is 3.42. The highest BCUT2D eigenvalue weighted by Crippen LogP contribution is 2.30. The molecule has 7 heteroatoms. The molecule has 1 amide bonds. The Morgan fingerprint density at radius 3 is 2.65 bits per heavy atom. The summed E-state index contributed by atoms with van der Waals surface area (Å²) in [6.07, 6.45) is -5.71. The van der Waals surface area contributed by atoms with Crippen molar-refractivity contribution >= 4 is 6.09 Å². The monoisotopic (exact) mass is 248 g/mol. The lowest BCUT2D eigenvalue weighted by Crippen LogP contribution is -2.30. The van der Waals surface area contributed by atoms with Crippen molar-refractivity contribution in [2.24, 2.45) is 5.73 Å². The van der Waals surface area contributed by atoms with Gasteiger partial charge < -0.3 is 16.2 Å². The fraction of sp³-hybridized carbons (Fsp3) is 0.300. The van der Waals surface area contributed by atoms with Gasteiger partial charge in [-0.05, 0) is 17.7 Å². The molecule has 94 valence electrons. The average Bonchev–Trinajstić information content (AvgIpc) is 2.25. The first-order valence-electron chi connectivity index (χ1n) is 4.70. The van der Waals surface area contributed by atoms with Gasteiger partial charge in [-0.15, -0.1) is 0 Å². The van der Waals surface area contributed by atoms with Crippen LogP contribution in [0.3, 0.4) is 0 Å². The Hall–Kier alpha value is -1.76. The normalized spacial score (nSPS) is 13.2. The van der Waals surface area contributed by atoms with Crippen molar-refractivity contribution in [3.05, 3.63) is 35.4 Å². The highest BCUT2D eigenvalue weighted by molar-refractivity contribution is 5.64. The topological polar surface area (TPSA) is 75.3 Å². The van der Waals surface area contributed by atoms with E-state index in [9.17, 15) is 18.0 Å². The molecule has 1 atom stereocenters.